The standard InChI is InChI=1S/C39H44N4O2/c1-40-24-22-39(23-25-40,33-18-10-5-11-19-33)38(45)43-28-26-42(27-29-43)36(44)30-41(2)35-21-13-12-20-34(35)37(31-14-6-3-7-15-31)32-16-8-4-9-17-32/h3-21,37H,22-30H2,1-2H3. The summed E-state index contributed by atoms with van der Waals surface area (Å²) in [5.41, 5.74) is 5.28. The Morgan fingerprint density at radius 2 is 1.16 bits per heavy atom. The van der Waals surface area contributed by atoms with E-state index >= 15 is 0 Å². The second-order valence-electron chi connectivity index (χ2n) is 12.6. The number of hydrogen-bond acceptors (Lipinski definition) is 4. The van der Waals surface area contributed by atoms with Crippen LogP contribution in [-0.4, -0.2) is 86.4 Å². The maximum atomic E-state index is 14.2. The molecule has 2 saturated heterocycles. The summed E-state index contributed by atoms with van der Waals surface area (Å²) in [5.74, 6) is 0.354. The lowest BCUT2D eigenvalue weighted by atomic mass is 9.71. The zero-order valence-corrected chi connectivity index (χ0v) is 26.5. The Hall–Kier alpha value is -4.42. The number of rotatable bonds is 8. The highest BCUT2D eigenvalue weighted by atomic mass is 16.2. The Bertz CT molecular complexity index is 1520. The number of benzene rings is 4. The van der Waals surface area contributed by atoms with Crippen molar-refractivity contribution in [3.63, 3.8) is 0 Å². The van der Waals surface area contributed by atoms with Gasteiger partial charge in [0.15, 0.2) is 0 Å². The minimum absolute atomic E-state index is 0.0484. The molecule has 6 rings (SSSR count). The Morgan fingerprint density at radius 3 is 1.73 bits per heavy atom. The van der Waals surface area contributed by atoms with Gasteiger partial charge < -0.3 is 19.6 Å². The maximum Gasteiger partial charge on any atom is 0.242 e. The van der Waals surface area contributed by atoms with E-state index in [0.717, 1.165) is 37.2 Å². The van der Waals surface area contributed by atoms with Crippen molar-refractivity contribution in [2.24, 2.45) is 0 Å². The van der Waals surface area contributed by atoms with Gasteiger partial charge in [-0.1, -0.05) is 109 Å². The topological polar surface area (TPSA) is 47.1 Å². The van der Waals surface area contributed by atoms with Crippen molar-refractivity contribution in [2.45, 2.75) is 24.2 Å². The average Bonchev–Trinajstić information content (AvgIpc) is 3.10. The highest BCUT2D eigenvalue weighted by Crippen LogP contribution is 2.39. The van der Waals surface area contributed by atoms with Crippen molar-refractivity contribution in [3.05, 3.63) is 138 Å². The summed E-state index contributed by atoms with van der Waals surface area (Å²) in [6, 6.07) is 39.8. The van der Waals surface area contributed by atoms with Crippen molar-refractivity contribution in [1.29, 1.82) is 0 Å². The molecule has 45 heavy (non-hydrogen) atoms. The summed E-state index contributed by atoms with van der Waals surface area (Å²) in [4.78, 5) is 36.2. The monoisotopic (exact) mass is 600 g/mol. The average molecular weight is 601 g/mol. The lowest BCUT2D eigenvalue weighted by molar-refractivity contribution is -0.144. The number of hydrogen-bond donors (Lipinski definition) is 0. The lowest BCUT2D eigenvalue weighted by Gasteiger charge is -2.45. The number of para-hydroxylation sites is 1. The van der Waals surface area contributed by atoms with Crippen LogP contribution in [0, 0.1) is 0 Å². The number of anilines is 1. The number of amides is 2. The van der Waals surface area contributed by atoms with Gasteiger partial charge in [-0.05, 0) is 61.3 Å². The van der Waals surface area contributed by atoms with Crippen LogP contribution in [0.2, 0.25) is 0 Å². The summed E-state index contributed by atoms with van der Waals surface area (Å²) < 4.78 is 0. The summed E-state index contributed by atoms with van der Waals surface area (Å²) in [7, 11) is 4.13. The fourth-order valence-electron chi connectivity index (χ4n) is 7.15. The van der Waals surface area contributed by atoms with Gasteiger partial charge in [0, 0.05) is 44.8 Å². The fraction of sp³-hybridized carbons (Fsp3) is 0.333. The number of carbonyl (C=O) groups excluding carboxylic acids is 2. The Kier molecular flexibility index (Phi) is 9.31. The van der Waals surface area contributed by atoms with Crippen molar-refractivity contribution < 1.29 is 9.59 Å². The molecule has 0 unspecified atom stereocenters. The van der Waals surface area contributed by atoms with Crippen molar-refractivity contribution in [3.8, 4) is 0 Å². The van der Waals surface area contributed by atoms with Gasteiger partial charge in [0.25, 0.3) is 0 Å². The first kappa shape index (κ1) is 30.6. The molecule has 2 fully saturated rings. The quantitative estimate of drug-likeness (QED) is 0.246. The number of carbonyl (C=O) groups is 2. The molecular weight excluding hydrogens is 556 g/mol. The van der Waals surface area contributed by atoms with Crippen molar-refractivity contribution >= 4 is 17.5 Å². The zero-order valence-electron chi connectivity index (χ0n) is 26.5. The molecule has 0 N–H and O–H groups in total. The first-order chi connectivity index (χ1) is 22.0. The summed E-state index contributed by atoms with van der Waals surface area (Å²) in [6.45, 7) is 4.34. The molecule has 0 radical (unpaired) electrons. The van der Waals surface area contributed by atoms with Crippen molar-refractivity contribution in [1.82, 2.24) is 14.7 Å². The van der Waals surface area contributed by atoms with Crippen molar-refractivity contribution in [2.75, 3.05) is 64.8 Å². The molecule has 2 aliphatic heterocycles. The number of piperidine rings is 1. The molecule has 2 heterocycles. The molecule has 0 aromatic heterocycles. The molecule has 4 aromatic carbocycles. The van der Waals surface area contributed by atoms with E-state index in [2.05, 4.69) is 95.7 Å². The molecule has 0 bridgehead atoms. The number of likely N-dealkylation sites (N-methyl/N-ethyl adjacent to an activating group) is 1. The SMILES string of the molecule is CN1CCC(C(=O)N2CCN(C(=O)CN(C)c3ccccc3C(c3ccccc3)c3ccccc3)CC2)(c2ccccc2)CC1. The molecule has 0 saturated carbocycles. The molecule has 0 spiro atoms. The number of piperazine rings is 1. The Labute approximate surface area is 267 Å². The predicted octanol–water partition coefficient (Wildman–Crippen LogP) is 5.64. The normalized spacial score (nSPS) is 16.9. The van der Waals surface area contributed by atoms with Crippen LogP contribution in [0.1, 0.15) is 41.0 Å². The van der Waals surface area contributed by atoms with E-state index in [1.807, 2.05) is 53.2 Å². The zero-order chi connectivity index (χ0) is 31.2. The first-order valence-electron chi connectivity index (χ1n) is 16.2. The fourth-order valence-corrected chi connectivity index (χ4v) is 7.15. The highest BCUT2D eigenvalue weighted by Gasteiger charge is 2.45. The van der Waals surface area contributed by atoms with E-state index in [9.17, 15) is 9.59 Å². The molecular formula is C39H44N4O2. The van der Waals surface area contributed by atoms with Crippen LogP contribution in [0.15, 0.2) is 115 Å². The molecule has 2 aliphatic rings. The molecule has 6 heteroatoms. The third kappa shape index (κ3) is 6.52. The van der Waals surface area contributed by atoms with E-state index in [1.165, 1.54) is 16.7 Å². The van der Waals surface area contributed by atoms with Crippen LogP contribution in [0.5, 0.6) is 0 Å². The smallest absolute Gasteiger partial charge is 0.242 e. The third-order valence-corrected chi connectivity index (χ3v) is 9.79. The predicted molar refractivity (Wildman–Crippen MR) is 182 cm³/mol. The van der Waals surface area contributed by atoms with Gasteiger partial charge in [0.1, 0.15) is 0 Å². The molecule has 2 amide bonds. The second kappa shape index (κ2) is 13.7. The van der Waals surface area contributed by atoms with Crippen LogP contribution in [0.3, 0.4) is 0 Å². The van der Waals surface area contributed by atoms with Gasteiger partial charge in [0.05, 0.1) is 12.0 Å². The number of nitrogens with zero attached hydrogens (tertiary/aromatic N) is 4. The maximum absolute atomic E-state index is 14.2. The van der Waals surface area contributed by atoms with Crippen LogP contribution in [0.25, 0.3) is 0 Å². The highest BCUT2D eigenvalue weighted by molar-refractivity contribution is 5.89. The Morgan fingerprint density at radius 1 is 0.667 bits per heavy atom. The number of likely N-dealkylation sites (tertiary alicyclic amines) is 1. The van der Waals surface area contributed by atoms with Gasteiger partial charge in [0.2, 0.25) is 11.8 Å². The molecule has 0 aliphatic carbocycles. The Balaban J connectivity index is 1.15. The third-order valence-electron chi connectivity index (χ3n) is 9.79. The largest absolute Gasteiger partial charge is 0.365 e. The van der Waals surface area contributed by atoms with Gasteiger partial charge in [-0.2, -0.15) is 0 Å². The van der Waals surface area contributed by atoms with Crippen LogP contribution >= 0.6 is 0 Å². The molecule has 0 atom stereocenters. The lowest BCUT2D eigenvalue weighted by Crippen LogP contribution is -2.58. The van der Waals surface area contributed by atoms with Crippen LogP contribution in [0.4, 0.5) is 5.69 Å². The van der Waals surface area contributed by atoms with Gasteiger partial charge in [-0.25, -0.2) is 0 Å². The summed E-state index contributed by atoms with van der Waals surface area (Å²) >= 11 is 0. The van der Waals surface area contributed by atoms with E-state index in [4.69, 9.17) is 0 Å². The molecule has 6 nitrogen and oxygen atoms in total. The van der Waals surface area contributed by atoms with Crippen LogP contribution in [-0.2, 0) is 15.0 Å². The summed E-state index contributed by atoms with van der Waals surface area (Å²) in [6.07, 6.45) is 1.64. The molecule has 232 valence electrons. The minimum Gasteiger partial charge on any atom is -0.365 e. The van der Waals surface area contributed by atoms with E-state index in [1.54, 1.807) is 0 Å². The van der Waals surface area contributed by atoms with Gasteiger partial charge >= 0.3 is 0 Å². The minimum atomic E-state index is -0.488. The van der Waals surface area contributed by atoms with E-state index in [0.29, 0.717) is 26.2 Å². The van der Waals surface area contributed by atoms with E-state index < -0.39 is 5.41 Å². The van der Waals surface area contributed by atoms with Gasteiger partial charge in [-0.3, -0.25) is 9.59 Å². The van der Waals surface area contributed by atoms with Gasteiger partial charge in [-0.15, -0.1) is 0 Å². The van der Waals surface area contributed by atoms with E-state index in [-0.39, 0.29) is 24.3 Å². The summed E-state index contributed by atoms with van der Waals surface area (Å²) in [5, 5.41) is 0. The second-order valence-corrected chi connectivity index (χ2v) is 12.6. The van der Waals surface area contributed by atoms with Crippen LogP contribution < -0.4 is 4.90 Å². The molecule has 4 aromatic rings. The first-order valence-corrected chi connectivity index (χ1v) is 16.2.